The predicted molar refractivity (Wildman–Crippen MR) is 93.9 cm³/mol. The highest BCUT2D eigenvalue weighted by molar-refractivity contribution is 9.10. The molecule has 0 radical (unpaired) electrons. The Morgan fingerprint density at radius 2 is 2.09 bits per heavy atom. The highest BCUT2D eigenvalue weighted by Crippen LogP contribution is 2.16. The normalized spacial score (nSPS) is 9.95. The van der Waals surface area contributed by atoms with Gasteiger partial charge in [-0.15, -0.1) is 23.7 Å². The molecule has 0 aliphatic rings. The summed E-state index contributed by atoms with van der Waals surface area (Å²) < 4.78 is 6.59. The fourth-order valence-electron chi connectivity index (χ4n) is 1.63. The Balaban J connectivity index is 0.00000242. The quantitative estimate of drug-likeness (QED) is 0.801. The molecule has 22 heavy (non-hydrogen) atoms. The van der Waals surface area contributed by atoms with E-state index in [4.69, 9.17) is 10.5 Å². The molecule has 1 amide bonds. The van der Waals surface area contributed by atoms with E-state index in [0.717, 1.165) is 15.2 Å². The summed E-state index contributed by atoms with van der Waals surface area (Å²) in [6.45, 7) is 1.27. The van der Waals surface area contributed by atoms with Gasteiger partial charge in [0.25, 0.3) is 5.91 Å². The molecule has 1 heterocycles. The van der Waals surface area contributed by atoms with Crippen LogP contribution in [0.3, 0.4) is 0 Å². The number of nitrogens with zero attached hydrogens (tertiary/aromatic N) is 2. The maximum absolute atomic E-state index is 12.1. The molecule has 0 unspecified atom stereocenters. The zero-order valence-electron chi connectivity index (χ0n) is 12.0. The lowest BCUT2D eigenvalue weighted by atomic mass is 10.3. The number of thiazole rings is 1. The van der Waals surface area contributed by atoms with Gasteiger partial charge >= 0.3 is 0 Å². The molecular formula is C14H17BrClN3O2S. The molecule has 0 saturated heterocycles. The maximum Gasteiger partial charge on any atom is 0.273 e. The van der Waals surface area contributed by atoms with Crippen LogP contribution in [0.5, 0.6) is 5.75 Å². The molecule has 0 aliphatic heterocycles. The number of amides is 1. The molecule has 5 nitrogen and oxygen atoms in total. The number of halogens is 2. The molecule has 2 aromatic rings. The van der Waals surface area contributed by atoms with Crippen LogP contribution in [0.2, 0.25) is 0 Å². The molecule has 0 atom stereocenters. The highest BCUT2D eigenvalue weighted by atomic mass is 79.9. The SMILES string of the molecule is CN(CCOc1ccc(Br)cc1)C(=O)c1csc(CN)n1.Cl. The number of carbonyl (C=O) groups excluding carboxylic acids is 1. The fraction of sp³-hybridized carbons (Fsp3) is 0.286. The minimum Gasteiger partial charge on any atom is -0.492 e. The Bertz CT molecular complexity index is 606. The van der Waals surface area contributed by atoms with Gasteiger partial charge in [-0.1, -0.05) is 15.9 Å². The molecule has 2 N–H and O–H groups in total. The fourth-order valence-corrected chi connectivity index (χ4v) is 2.54. The summed E-state index contributed by atoms with van der Waals surface area (Å²) in [5.41, 5.74) is 5.93. The summed E-state index contributed by atoms with van der Waals surface area (Å²) in [5, 5.41) is 2.49. The minimum atomic E-state index is -0.120. The summed E-state index contributed by atoms with van der Waals surface area (Å²) in [6, 6.07) is 7.57. The van der Waals surface area contributed by atoms with Gasteiger partial charge in [0.2, 0.25) is 0 Å². The number of hydrogen-bond acceptors (Lipinski definition) is 5. The van der Waals surface area contributed by atoms with E-state index < -0.39 is 0 Å². The summed E-state index contributed by atoms with van der Waals surface area (Å²) >= 11 is 4.76. The molecule has 1 aromatic heterocycles. The van der Waals surface area contributed by atoms with Crippen molar-refractivity contribution in [3.05, 3.63) is 44.8 Å². The van der Waals surface area contributed by atoms with E-state index >= 15 is 0 Å². The lowest BCUT2D eigenvalue weighted by Crippen LogP contribution is -2.31. The van der Waals surface area contributed by atoms with Crippen molar-refractivity contribution in [3.63, 3.8) is 0 Å². The van der Waals surface area contributed by atoms with Crippen molar-refractivity contribution in [3.8, 4) is 5.75 Å². The molecule has 0 saturated carbocycles. The largest absolute Gasteiger partial charge is 0.492 e. The van der Waals surface area contributed by atoms with Crippen molar-refractivity contribution in [2.24, 2.45) is 5.73 Å². The monoisotopic (exact) mass is 405 g/mol. The van der Waals surface area contributed by atoms with Gasteiger partial charge in [-0.25, -0.2) is 4.98 Å². The molecule has 0 bridgehead atoms. The topological polar surface area (TPSA) is 68.5 Å². The van der Waals surface area contributed by atoms with Gasteiger partial charge in [0.1, 0.15) is 23.1 Å². The van der Waals surface area contributed by atoms with Gasteiger partial charge in [0, 0.05) is 23.4 Å². The Labute approximate surface area is 148 Å². The zero-order valence-corrected chi connectivity index (χ0v) is 15.2. The lowest BCUT2D eigenvalue weighted by molar-refractivity contribution is 0.0768. The van der Waals surface area contributed by atoms with Crippen molar-refractivity contribution in [1.29, 1.82) is 0 Å². The van der Waals surface area contributed by atoms with Crippen molar-refractivity contribution in [2.75, 3.05) is 20.2 Å². The number of likely N-dealkylation sites (N-methyl/N-ethyl adjacent to an activating group) is 1. The Kier molecular flexibility index (Phi) is 7.81. The smallest absolute Gasteiger partial charge is 0.273 e. The second kappa shape index (κ2) is 9.09. The second-order valence-electron chi connectivity index (χ2n) is 4.36. The van der Waals surface area contributed by atoms with E-state index in [1.54, 1.807) is 17.3 Å². The van der Waals surface area contributed by atoms with Crippen molar-refractivity contribution >= 4 is 45.6 Å². The van der Waals surface area contributed by atoms with Gasteiger partial charge in [-0.2, -0.15) is 0 Å². The van der Waals surface area contributed by atoms with E-state index in [1.807, 2.05) is 24.3 Å². The van der Waals surface area contributed by atoms with Gasteiger partial charge < -0.3 is 15.4 Å². The zero-order chi connectivity index (χ0) is 15.2. The Morgan fingerprint density at radius 3 is 2.68 bits per heavy atom. The van der Waals surface area contributed by atoms with Crippen LogP contribution in [0, 0.1) is 0 Å². The van der Waals surface area contributed by atoms with Gasteiger partial charge in [-0.05, 0) is 24.3 Å². The van der Waals surface area contributed by atoms with Gasteiger partial charge in [-0.3, -0.25) is 4.79 Å². The van der Waals surface area contributed by atoms with Gasteiger partial charge in [0.15, 0.2) is 0 Å². The first-order valence-electron chi connectivity index (χ1n) is 6.38. The third-order valence-corrected chi connectivity index (χ3v) is 4.20. The lowest BCUT2D eigenvalue weighted by Gasteiger charge is -2.16. The molecule has 8 heteroatoms. The van der Waals surface area contributed by atoms with E-state index in [2.05, 4.69) is 20.9 Å². The molecular weight excluding hydrogens is 390 g/mol. The van der Waals surface area contributed by atoms with Crippen molar-refractivity contribution in [1.82, 2.24) is 9.88 Å². The average molecular weight is 407 g/mol. The van der Waals surface area contributed by atoms with E-state index in [-0.39, 0.29) is 18.3 Å². The average Bonchev–Trinajstić information content (AvgIpc) is 2.97. The Morgan fingerprint density at radius 1 is 1.41 bits per heavy atom. The molecule has 0 aliphatic carbocycles. The first kappa shape index (κ1) is 18.9. The van der Waals surface area contributed by atoms with Crippen LogP contribution < -0.4 is 10.5 Å². The number of nitrogens with two attached hydrogens (primary N) is 1. The summed E-state index contributed by atoms with van der Waals surface area (Å²) in [7, 11) is 1.73. The number of hydrogen-bond donors (Lipinski definition) is 1. The number of ether oxygens (including phenoxy) is 1. The number of aromatic nitrogens is 1. The third-order valence-electron chi connectivity index (χ3n) is 2.80. The summed E-state index contributed by atoms with van der Waals surface area (Å²) in [5.74, 6) is 0.656. The van der Waals surface area contributed by atoms with Crippen LogP contribution in [0.25, 0.3) is 0 Å². The minimum absolute atomic E-state index is 0. The van der Waals surface area contributed by atoms with Crippen molar-refractivity contribution in [2.45, 2.75) is 6.54 Å². The van der Waals surface area contributed by atoms with Gasteiger partial charge in [0.05, 0.1) is 6.54 Å². The maximum atomic E-state index is 12.1. The number of rotatable bonds is 6. The molecule has 120 valence electrons. The molecule has 0 fully saturated rings. The van der Waals surface area contributed by atoms with E-state index in [1.165, 1.54) is 11.3 Å². The predicted octanol–water partition coefficient (Wildman–Crippen LogP) is 2.94. The standard InChI is InChI=1S/C14H16BrN3O2S.ClH/c1-18(14(19)12-9-21-13(8-16)17-12)6-7-20-11-4-2-10(15)3-5-11;/h2-5,9H,6-8,16H2,1H3;1H. The van der Waals surface area contributed by atoms with Crippen LogP contribution in [-0.2, 0) is 6.54 Å². The first-order valence-corrected chi connectivity index (χ1v) is 8.05. The molecule has 1 aromatic carbocycles. The first-order chi connectivity index (χ1) is 10.1. The second-order valence-corrected chi connectivity index (χ2v) is 6.22. The summed E-state index contributed by atoms with van der Waals surface area (Å²) in [4.78, 5) is 17.9. The van der Waals surface area contributed by atoms with Crippen LogP contribution in [0.1, 0.15) is 15.5 Å². The number of carbonyl (C=O) groups is 1. The molecule has 0 spiro atoms. The van der Waals surface area contributed by atoms with E-state index in [9.17, 15) is 4.79 Å². The summed E-state index contributed by atoms with van der Waals surface area (Å²) in [6.07, 6.45) is 0. The Hall–Kier alpha value is -1.15. The number of benzene rings is 1. The van der Waals surface area contributed by atoms with E-state index in [0.29, 0.717) is 25.4 Å². The van der Waals surface area contributed by atoms with Crippen LogP contribution >= 0.6 is 39.7 Å². The third kappa shape index (κ3) is 5.24. The van der Waals surface area contributed by atoms with Crippen molar-refractivity contribution < 1.29 is 9.53 Å². The van der Waals surface area contributed by atoms with Crippen LogP contribution in [-0.4, -0.2) is 36.0 Å². The van der Waals surface area contributed by atoms with Crippen LogP contribution in [0.4, 0.5) is 0 Å². The molecule has 2 rings (SSSR count). The highest BCUT2D eigenvalue weighted by Gasteiger charge is 2.15. The van der Waals surface area contributed by atoms with Crippen LogP contribution in [0.15, 0.2) is 34.1 Å².